The lowest BCUT2D eigenvalue weighted by Gasteiger charge is -2.46. The summed E-state index contributed by atoms with van der Waals surface area (Å²) in [5, 5.41) is 0. The number of methoxy groups -OCH3 is 8. The quantitative estimate of drug-likeness (QED) is 0.0339. The van der Waals surface area contributed by atoms with Crippen molar-refractivity contribution in [2.24, 2.45) is 0 Å². The maximum Gasteiger partial charge on any atom is 0.331 e. The third-order valence-electron chi connectivity index (χ3n) is 12.8. The van der Waals surface area contributed by atoms with Crippen LogP contribution in [0.25, 0.3) is 0 Å². The summed E-state index contributed by atoms with van der Waals surface area (Å²) in [4.78, 5) is 27.9. The van der Waals surface area contributed by atoms with Crippen molar-refractivity contribution in [1.82, 2.24) is 4.90 Å². The lowest BCUT2D eigenvalue weighted by Crippen LogP contribution is -2.52. The second-order valence-electron chi connectivity index (χ2n) is 16.5. The average molecular weight is 898 g/mol. The molecule has 0 aromatic heterocycles. The molecule has 4 aromatic carbocycles. The largest absolute Gasteiger partial charge is 0.493 e. The third kappa shape index (κ3) is 11.6. The zero-order chi connectivity index (χ0) is 46.5. The molecule has 0 N–H and O–H groups in total. The van der Waals surface area contributed by atoms with Crippen LogP contribution < -0.4 is 37.9 Å². The Labute approximate surface area is 383 Å². The van der Waals surface area contributed by atoms with Gasteiger partial charge in [0.05, 0.1) is 90.2 Å². The maximum atomic E-state index is 12.8. The van der Waals surface area contributed by atoms with E-state index in [1.165, 1.54) is 16.7 Å². The molecule has 1 unspecified atom stereocenters. The van der Waals surface area contributed by atoms with E-state index in [0.29, 0.717) is 71.8 Å². The van der Waals surface area contributed by atoms with Crippen LogP contribution in [-0.4, -0.2) is 125 Å². The molecule has 2 aliphatic rings. The van der Waals surface area contributed by atoms with Gasteiger partial charge in [-0.1, -0.05) is 12.1 Å². The fraction of sp³-hybridized carbons (Fsp3) is 0.451. The van der Waals surface area contributed by atoms with Crippen molar-refractivity contribution in [3.8, 4) is 46.0 Å². The second kappa shape index (κ2) is 22.7. The highest BCUT2D eigenvalue weighted by molar-refractivity contribution is 5.91. The number of hydrogen-bond acceptors (Lipinski definition) is 13. The normalized spacial score (nSPS) is 17.9. The Morgan fingerprint density at radius 3 is 1.57 bits per heavy atom. The molecule has 6 rings (SSSR count). The number of nitrogens with zero attached hydrogens (tertiary/aromatic N) is 2. The summed E-state index contributed by atoms with van der Waals surface area (Å²) < 4.78 is 56.7. The minimum Gasteiger partial charge on any atom is -0.493 e. The summed E-state index contributed by atoms with van der Waals surface area (Å²) in [5.74, 6) is 4.27. The minimum absolute atomic E-state index is 0.0217. The lowest BCUT2D eigenvalue weighted by molar-refractivity contribution is -0.941. The summed E-state index contributed by atoms with van der Waals surface area (Å²) in [5.41, 5.74) is 6.99. The zero-order valence-electron chi connectivity index (χ0n) is 39.4. The van der Waals surface area contributed by atoms with E-state index in [4.69, 9.17) is 47.4 Å². The smallest absolute Gasteiger partial charge is 0.331 e. The summed E-state index contributed by atoms with van der Waals surface area (Å²) in [6.45, 7) is 3.53. The van der Waals surface area contributed by atoms with Gasteiger partial charge in [0.1, 0.15) is 6.04 Å². The SMILES string of the molecule is COc1ccc(C[C@@H]2c3cc(OC)c(OC)cc3CCN2CCCOC(=O)/C=C/C(=O)OCCC[N+]2(C)CCc3cc(OC)c(OC)cc3[C@H]2Cc2ccc(OC)c(OC)c2)cc1OC. The molecule has 0 spiro atoms. The van der Waals surface area contributed by atoms with Gasteiger partial charge in [0, 0.05) is 56.1 Å². The number of rotatable bonds is 22. The van der Waals surface area contributed by atoms with Gasteiger partial charge in [0.15, 0.2) is 46.0 Å². The number of quaternary nitrogens is 1. The number of carbonyl (C=O) groups is 2. The molecule has 0 fully saturated rings. The number of likely N-dealkylation sites (N-methyl/N-ethyl adjacent to an activating group) is 1. The van der Waals surface area contributed by atoms with Crippen molar-refractivity contribution in [3.05, 3.63) is 106 Å². The van der Waals surface area contributed by atoms with Gasteiger partial charge < -0.3 is 51.9 Å². The van der Waals surface area contributed by atoms with Gasteiger partial charge in [-0.2, -0.15) is 0 Å². The van der Waals surface area contributed by atoms with Gasteiger partial charge in [-0.05, 0) is 95.6 Å². The Kier molecular flexibility index (Phi) is 16.9. The first-order valence-corrected chi connectivity index (χ1v) is 22.0. The van der Waals surface area contributed by atoms with E-state index >= 15 is 0 Å². The first-order chi connectivity index (χ1) is 31.5. The monoisotopic (exact) mass is 897 g/mol. The highest BCUT2D eigenvalue weighted by Crippen LogP contribution is 2.44. The zero-order valence-corrected chi connectivity index (χ0v) is 39.4. The number of carbonyl (C=O) groups excluding carboxylic acids is 2. The van der Waals surface area contributed by atoms with E-state index in [1.807, 2.05) is 24.3 Å². The Bertz CT molecular complexity index is 2300. The van der Waals surface area contributed by atoms with Crippen molar-refractivity contribution in [3.63, 3.8) is 0 Å². The minimum atomic E-state index is -0.597. The third-order valence-corrected chi connectivity index (χ3v) is 12.8. The van der Waals surface area contributed by atoms with Crippen LogP contribution in [0.5, 0.6) is 46.0 Å². The molecule has 3 atom stereocenters. The predicted octanol–water partition coefficient (Wildman–Crippen LogP) is 7.31. The molecule has 4 aromatic rings. The molecule has 350 valence electrons. The summed E-state index contributed by atoms with van der Waals surface area (Å²) >= 11 is 0. The summed E-state index contributed by atoms with van der Waals surface area (Å²) in [7, 11) is 15.4. The Balaban J connectivity index is 1.02. The van der Waals surface area contributed by atoms with E-state index in [-0.39, 0.29) is 25.3 Å². The topological polar surface area (TPSA) is 130 Å². The molecule has 0 amide bonds. The number of fused-ring (bicyclic) bond motifs is 2. The van der Waals surface area contributed by atoms with Crippen molar-refractivity contribution in [2.45, 2.75) is 50.6 Å². The van der Waals surface area contributed by atoms with Crippen LogP contribution in [0.1, 0.15) is 58.3 Å². The van der Waals surface area contributed by atoms with E-state index in [2.05, 4.69) is 48.3 Å². The molecule has 14 nitrogen and oxygen atoms in total. The Morgan fingerprint density at radius 2 is 1.03 bits per heavy atom. The van der Waals surface area contributed by atoms with Crippen LogP contribution in [0, 0.1) is 0 Å². The van der Waals surface area contributed by atoms with Crippen molar-refractivity contribution < 1.29 is 61.4 Å². The molecule has 0 aliphatic carbocycles. The van der Waals surface area contributed by atoms with E-state index in [9.17, 15) is 9.59 Å². The maximum absolute atomic E-state index is 12.8. The number of esters is 2. The molecule has 0 saturated carbocycles. The molecule has 14 heteroatoms. The van der Waals surface area contributed by atoms with Gasteiger partial charge in [0.25, 0.3) is 0 Å². The van der Waals surface area contributed by atoms with Crippen molar-refractivity contribution in [2.75, 3.05) is 103 Å². The van der Waals surface area contributed by atoms with Gasteiger partial charge in [0.2, 0.25) is 0 Å². The first-order valence-electron chi connectivity index (χ1n) is 22.0. The average Bonchev–Trinajstić information content (AvgIpc) is 3.33. The molecule has 0 saturated heterocycles. The predicted molar refractivity (Wildman–Crippen MR) is 246 cm³/mol. The number of ether oxygens (including phenoxy) is 10. The highest BCUT2D eigenvalue weighted by atomic mass is 16.5. The first kappa shape index (κ1) is 48.3. The Hall–Kier alpha value is -6.12. The van der Waals surface area contributed by atoms with Crippen molar-refractivity contribution in [1.29, 1.82) is 0 Å². The number of benzene rings is 4. The summed E-state index contributed by atoms with van der Waals surface area (Å²) in [6.07, 6.45) is 6.64. The molecule has 0 bridgehead atoms. The van der Waals surface area contributed by atoms with Crippen LogP contribution in [0.3, 0.4) is 0 Å². The lowest BCUT2D eigenvalue weighted by atomic mass is 9.86. The molecule has 2 heterocycles. The van der Waals surface area contributed by atoms with Crippen LogP contribution in [0.4, 0.5) is 0 Å². The highest BCUT2D eigenvalue weighted by Gasteiger charge is 2.40. The molecule has 0 radical (unpaired) electrons. The second-order valence-corrected chi connectivity index (χ2v) is 16.5. The summed E-state index contributed by atoms with van der Waals surface area (Å²) in [6, 6.07) is 20.4. The van der Waals surface area contributed by atoms with E-state index in [0.717, 1.165) is 72.2 Å². The van der Waals surface area contributed by atoms with Crippen LogP contribution in [0.15, 0.2) is 72.8 Å². The standard InChI is InChI=1S/C51H65N2O12/c1-53(23-19-37-31-47(61-7)49(63-9)33-39(37)41(53)27-35-13-15-43(57-3)45(29-35)59-5)22-11-25-65-51(55)17-16-50(54)64-24-10-20-52-21-18-36-30-46(60-6)48(62-8)32-38(36)40(52)26-34-12-14-42(56-2)44(28-34)58-4/h12-17,28-33,40-41H,10-11,18-27H2,1-9H3/q+1/b17-16+/t40-,41-,53?/m1/s1. The van der Waals surface area contributed by atoms with Crippen LogP contribution in [0.2, 0.25) is 0 Å². The fourth-order valence-electron chi connectivity index (χ4n) is 9.25. The molecular formula is C51H65N2O12+. The Morgan fingerprint density at radius 1 is 0.569 bits per heavy atom. The molecular weight excluding hydrogens is 833 g/mol. The van der Waals surface area contributed by atoms with Gasteiger partial charge in [-0.25, -0.2) is 9.59 Å². The van der Waals surface area contributed by atoms with E-state index in [1.54, 1.807) is 56.9 Å². The van der Waals surface area contributed by atoms with E-state index < -0.39 is 11.9 Å². The molecule has 65 heavy (non-hydrogen) atoms. The van der Waals surface area contributed by atoms with Crippen LogP contribution in [-0.2, 0) is 44.7 Å². The van der Waals surface area contributed by atoms with Crippen molar-refractivity contribution >= 4 is 11.9 Å². The van der Waals surface area contributed by atoms with Crippen LogP contribution >= 0.6 is 0 Å². The van der Waals surface area contributed by atoms with Gasteiger partial charge in [-0.3, -0.25) is 4.90 Å². The van der Waals surface area contributed by atoms with Gasteiger partial charge in [-0.15, -0.1) is 0 Å². The molecule has 2 aliphatic heterocycles. The number of hydrogen-bond donors (Lipinski definition) is 0. The fourth-order valence-corrected chi connectivity index (χ4v) is 9.25. The van der Waals surface area contributed by atoms with Gasteiger partial charge >= 0.3 is 11.9 Å².